The molecule has 3 N–H and O–H groups in total. The lowest BCUT2D eigenvalue weighted by Gasteiger charge is -2.26. The van der Waals surface area contributed by atoms with Gasteiger partial charge in [-0.05, 0) is 30.9 Å². The summed E-state index contributed by atoms with van der Waals surface area (Å²) < 4.78 is 4.99. The van der Waals surface area contributed by atoms with Crippen molar-refractivity contribution in [3.05, 3.63) is 30.2 Å². The van der Waals surface area contributed by atoms with Crippen molar-refractivity contribution in [1.29, 1.82) is 0 Å². The summed E-state index contributed by atoms with van der Waals surface area (Å²) in [4.78, 5) is 16.4. The molecule has 0 radical (unpaired) electrons. The smallest absolute Gasteiger partial charge is 0.319 e. The zero-order valence-electron chi connectivity index (χ0n) is 14.5. The van der Waals surface area contributed by atoms with Crippen molar-refractivity contribution in [2.24, 2.45) is 5.41 Å². The standard InChI is InChI=1S/C17H24N4O3/c1-11(22)9-17(3,4)10-18-16(23)20-14-8-6-5-7-13(14)15-19-12(2)24-21-15/h5-8,11,22H,9-10H2,1-4H3,(H2,18,20,23)/t11-/m0/s1. The molecule has 0 aliphatic heterocycles. The second kappa shape index (κ2) is 7.44. The first kappa shape index (κ1) is 17.9. The number of aliphatic hydroxyl groups excluding tert-OH is 1. The maximum atomic E-state index is 12.2. The molecule has 2 aromatic rings. The number of urea groups is 1. The number of nitrogens with zero attached hydrogens (tertiary/aromatic N) is 2. The van der Waals surface area contributed by atoms with E-state index in [1.54, 1.807) is 19.9 Å². The van der Waals surface area contributed by atoms with Crippen LogP contribution in [-0.4, -0.2) is 33.9 Å². The maximum absolute atomic E-state index is 12.2. The van der Waals surface area contributed by atoms with Gasteiger partial charge in [0.2, 0.25) is 11.7 Å². The number of nitrogens with one attached hydrogen (secondary N) is 2. The Morgan fingerprint density at radius 2 is 2.08 bits per heavy atom. The summed E-state index contributed by atoms with van der Waals surface area (Å²) in [5.74, 6) is 0.891. The third-order valence-electron chi connectivity index (χ3n) is 3.52. The van der Waals surface area contributed by atoms with Gasteiger partial charge >= 0.3 is 6.03 Å². The van der Waals surface area contributed by atoms with Crippen molar-refractivity contribution < 1.29 is 14.4 Å². The first-order valence-corrected chi connectivity index (χ1v) is 7.89. The lowest BCUT2D eigenvalue weighted by Crippen LogP contribution is -2.38. The van der Waals surface area contributed by atoms with E-state index in [4.69, 9.17) is 4.52 Å². The second-order valence-electron chi connectivity index (χ2n) is 6.71. The van der Waals surface area contributed by atoms with Gasteiger partial charge in [0.15, 0.2) is 0 Å². The second-order valence-corrected chi connectivity index (χ2v) is 6.71. The molecule has 1 heterocycles. The van der Waals surface area contributed by atoms with E-state index in [1.807, 2.05) is 32.0 Å². The van der Waals surface area contributed by atoms with Gasteiger partial charge in [-0.25, -0.2) is 4.79 Å². The van der Waals surface area contributed by atoms with Gasteiger partial charge in [-0.3, -0.25) is 0 Å². The molecule has 1 atom stereocenters. The fourth-order valence-electron chi connectivity index (χ4n) is 2.55. The van der Waals surface area contributed by atoms with Gasteiger partial charge in [-0.1, -0.05) is 31.1 Å². The van der Waals surface area contributed by atoms with E-state index in [9.17, 15) is 9.90 Å². The van der Waals surface area contributed by atoms with Crippen molar-refractivity contribution in [1.82, 2.24) is 15.5 Å². The van der Waals surface area contributed by atoms with Crippen LogP contribution >= 0.6 is 0 Å². The number of rotatable bonds is 6. The predicted molar refractivity (Wildman–Crippen MR) is 91.6 cm³/mol. The van der Waals surface area contributed by atoms with E-state index in [2.05, 4.69) is 20.8 Å². The minimum absolute atomic E-state index is 0.199. The Balaban J connectivity index is 2.02. The zero-order valence-corrected chi connectivity index (χ0v) is 14.5. The number of aliphatic hydroxyl groups is 1. The molecule has 0 spiro atoms. The molecule has 0 bridgehead atoms. The number of benzene rings is 1. The zero-order chi connectivity index (χ0) is 17.7. The highest BCUT2D eigenvalue weighted by Crippen LogP contribution is 2.25. The van der Waals surface area contributed by atoms with Crippen LogP contribution in [0, 0.1) is 12.3 Å². The molecule has 0 fully saturated rings. The van der Waals surface area contributed by atoms with Crippen LogP contribution in [0.4, 0.5) is 10.5 Å². The summed E-state index contributed by atoms with van der Waals surface area (Å²) in [5.41, 5.74) is 1.09. The summed E-state index contributed by atoms with van der Waals surface area (Å²) >= 11 is 0. The van der Waals surface area contributed by atoms with E-state index in [1.165, 1.54) is 0 Å². The van der Waals surface area contributed by atoms with E-state index in [0.29, 0.717) is 35.9 Å². The largest absolute Gasteiger partial charge is 0.393 e. The van der Waals surface area contributed by atoms with Crippen LogP contribution in [0.25, 0.3) is 11.4 Å². The van der Waals surface area contributed by atoms with Gasteiger partial charge in [0, 0.05) is 19.0 Å². The fraction of sp³-hybridized carbons (Fsp3) is 0.471. The van der Waals surface area contributed by atoms with Crippen LogP contribution in [0.1, 0.15) is 33.1 Å². The van der Waals surface area contributed by atoms with Crippen LogP contribution < -0.4 is 10.6 Å². The number of carbonyl (C=O) groups excluding carboxylic acids is 1. The molecule has 0 aliphatic rings. The van der Waals surface area contributed by atoms with Crippen molar-refractivity contribution in [3.8, 4) is 11.4 Å². The Kier molecular flexibility index (Phi) is 5.56. The number of hydrogen-bond acceptors (Lipinski definition) is 5. The lowest BCUT2D eigenvalue weighted by molar-refractivity contribution is 0.129. The first-order chi connectivity index (χ1) is 11.3. The predicted octanol–water partition coefficient (Wildman–Crippen LogP) is 2.96. The quantitative estimate of drug-likeness (QED) is 0.755. The molecule has 0 aliphatic carbocycles. The van der Waals surface area contributed by atoms with E-state index >= 15 is 0 Å². The molecule has 1 aromatic carbocycles. The number of amides is 2. The van der Waals surface area contributed by atoms with Crippen molar-refractivity contribution >= 4 is 11.7 Å². The van der Waals surface area contributed by atoms with Crippen LogP contribution in [-0.2, 0) is 0 Å². The van der Waals surface area contributed by atoms with Gasteiger partial charge in [-0.15, -0.1) is 0 Å². The fourth-order valence-corrected chi connectivity index (χ4v) is 2.55. The Bertz CT molecular complexity index is 695. The molecule has 0 saturated heterocycles. The SMILES string of the molecule is Cc1nc(-c2ccccc2NC(=O)NCC(C)(C)C[C@H](C)O)no1. The monoisotopic (exact) mass is 332 g/mol. The summed E-state index contributed by atoms with van der Waals surface area (Å²) in [5, 5.41) is 19.0. The molecule has 24 heavy (non-hydrogen) atoms. The average Bonchev–Trinajstić information content (AvgIpc) is 2.91. The number of anilines is 1. The minimum Gasteiger partial charge on any atom is -0.393 e. The third kappa shape index (κ3) is 5.06. The Labute approximate surface area is 141 Å². The van der Waals surface area contributed by atoms with Crippen molar-refractivity contribution in [3.63, 3.8) is 0 Å². The van der Waals surface area contributed by atoms with E-state index in [-0.39, 0.29) is 11.4 Å². The Morgan fingerprint density at radius 1 is 1.38 bits per heavy atom. The topological polar surface area (TPSA) is 100 Å². The third-order valence-corrected chi connectivity index (χ3v) is 3.52. The van der Waals surface area contributed by atoms with Gasteiger partial charge in [0.1, 0.15) is 0 Å². The normalized spacial score (nSPS) is 12.7. The van der Waals surface area contributed by atoms with Crippen molar-refractivity contribution in [2.45, 2.75) is 40.2 Å². The number of aryl methyl sites for hydroxylation is 1. The Hall–Kier alpha value is -2.41. The number of aromatic nitrogens is 2. The molecule has 2 amide bonds. The highest BCUT2D eigenvalue weighted by atomic mass is 16.5. The van der Waals surface area contributed by atoms with Crippen molar-refractivity contribution in [2.75, 3.05) is 11.9 Å². The van der Waals surface area contributed by atoms with Crippen LogP contribution in [0.3, 0.4) is 0 Å². The molecule has 1 aromatic heterocycles. The minimum atomic E-state index is -0.410. The molecule has 0 saturated carbocycles. The molecule has 7 heteroatoms. The summed E-state index contributed by atoms with van der Waals surface area (Å²) in [7, 11) is 0. The molecule has 7 nitrogen and oxygen atoms in total. The van der Waals surface area contributed by atoms with Gasteiger partial charge in [0.25, 0.3) is 0 Å². The van der Waals surface area contributed by atoms with Gasteiger partial charge < -0.3 is 20.3 Å². The maximum Gasteiger partial charge on any atom is 0.319 e. The molecule has 130 valence electrons. The molecule has 2 rings (SSSR count). The van der Waals surface area contributed by atoms with Crippen LogP contribution in [0.2, 0.25) is 0 Å². The van der Waals surface area contributed by atoms with Gasteiger partial charge in [-0.2, -0.15) is 4.98 Å². The van der Waals surface area contributed by atoms with Crippen LogP contribution in [0.5, 0.6) is 0 Å². The number of carbonyl (C=O) groups is 1. The first-order valence-electron chi connectivity index (χ1n) is 7.89. The average molecular weight is 332 g/mol. The number of hydrogen-bond donors (Lipinski definition) is 3. The van der Waals surface area contributed by atoms with Gasteiger partial charge in [0.05, 0.1) is 11.8 Å². The van der Waals surface area contributed by atoms with Crippen LogP contribution in [0.15, 0.2) is 28.8 Å². The molecular weight excluding hydrogens is 308 g/mol. The number of para-hydroxylation sites is 1. The molecule has 0 unspecified atom stereocenters. The summed E-state index contributed by atoms with van der Waals surface area (Å²) in [6.07, 6.45) is 0.193. The lowest BCUT2D eigenvalue weighted by atomic mass is 9.87. The van der Waals surface area contributed by atoms with E-state index in [0.717, 1.165) is 0 Å². The Morgan fingerprint density at radius 3 is 2.71 bits per heavy atom. The highest BCUT2D eigenvalue weighted by molar-refractivity contribution is 5.93. The molecular formula is C17H24N4O3. The highest BCUT2D eigenvalue weighted by Gasteiger charge is 2.21. The summed E-state index contributed by atoms with van der Waals surface area (Å²) in [6, 6.07) is 6.94. The van der Waals surface area contributed by atoms with E-state index < -0.39 is 6.10 Å². The summed E-state index contributed by atoms with van der Waals surface area (Å²) in [6.45, 7) is 7.90.